The van der Waals surface area contributed by atoms with Gasteiger partial charge in [-0.2, -0.15) is 0 Å². The third-order valence-corrected chi connectivity index (χ3v) is 5.59. The average molecular weight is 456 g/mol. The molecule has 0 aromatic carbocycles. The smallest absolute Gasteiger partial charge is 0.330 e. The molecule has 4 N–H and O–H groups in total. The topological polar surface area (TPSA) is 174 Å². The Hall–Kier alpha value is -2.72. The summed E-state index contributed by atoms with van der Waals surface area (Å²) in [5.74, 6) is -5.28. The van der Waals surface area contributed by atoms with Crippen molar-refractivity contribution in [2.24, 2.45) is 23.7 Å². The van der Waals surface area contributed by atoms with Crippen LogP contribution in [-0.2, 0) is 28.7 Å². The van der Waals surface area contributed by atoms with Gasteiger partial charge in [-0.05, 0) is 51.4 Å². The largest absolute Gasteiger partial charge is 0.481 e. The van der Waals surface area contributed by atoms with Crippen molar-refractivity contribution in [1.29, 1.82) is 0 Å². The first-order chi connectivity index (χ1) is 14.8. The van der Waals surface area contributed by atoms with E-state index in [2.05, 4.69) is 13.2 Å². The van der Waals surface area contributed by atoms with E-state index in [0.717, 1.165) is 19.4 Å². The van der Waals surface area contributed by atoms with E-state index in [1.165, 1.54) is 13.8 Å². The monoisotopic (exact) mass is 456 g/mol. The molecule has 3 rings (SSSR count). The first-order valence-electron chi connectivity index (χ1n) is 10.3. The minimum atomic E-state index is -0.986. The van der Waals surface area contributed by atoms with Crippen molar-refractivity contribution in [1.82, 2.24) is 0 Å². The van der Waals surface area contributed by atoms with E-state index in [-0.39, 0.29) is 35.2 Å². The number of carboxylic acids is 4. The van der Waals surface area contributed by atoms with Crippen LogP contribution in [0.5, 0.6) is 0 Å². The SMILES string of the molecule is C=C(C)C(=O)O.C=C(C)C(=O)O.O=C(O)C1CCC(CC2CO2)C(CC2CO2)C1C(=O)O. The number of aliphatic carboxylic acids is 4. The van der Waals surface area contributed by atoms with Crippen LogP contribution >= 0.6 is 0 Å². The van der Waals surface area contributed by atoms with Crippen LogP contribution in [0.25, 0.3) is 0 Å². The maximum atomic E-state index is 11.6. The van der Waals surface area contributed by atoms with Crippen molar-refractivity contribution in [3.63, 3.8) is 0 Å². The Morgan fingerprint density at radius 3 is 1.50 bits per heavy atom. The average Bonchev–Trinajstić information content (AvgIpc) is 3.59. The molecule has 3 aliphatic rings. The number of carbonyl (C=O) groups is 4. The molecule has 0 radical (unpaired) electrons. The molecule has 10 nitrogen and oxygen atoms in total. The van der Waals surface area contributed by atoms with Crippen molar-refractivity contribution in [3.05, 3.63) is 24.3 Å². The van der Waals surface area contributed by atoms with Crippen molar-refractivity contribution >= 4 is 23.9 Å². The first-order valence-corrected chi connectivity index (χ1v) is 10.3. The Morgan fingerprint density at radius 1 is 0.781 bits per heavy atom. The fraction of sp³-hybridized carbons (Fsp3) is 0.636. The fourth-order valence-corrected chi connectivity index (χ4v) is 3.69. The Morgan fingerprint density at radius 2 is 1.19 bits per heavy atom. The Balaban J connectivity index is 0.000000355. The molecule has 0 amide bonds. The van der Waals surface area contributed by atoms with E-state index in [0.29, 0.717) is 19.4 Å². The summed E-state index contributed by atoms with van der Waals surface area (Å²) >= 11 is 0. The molecule has 6 unspecified atom stereocenters. The summed E-state index contributed by atoms with van der Waals surface area (Å²) in [6.07, 6.45) is 3.12. The molecule has 10 heteroatoms. The third-order valence-electron chi connectivity index (χ3n) is 5.59. The molecule has 1 aliphatic carbocycles. The summed E-state index contributed by atoms with van der Waals surface area (Å²) in [6, 6.07) is 0. The summed E-state index contributed by atoms with van der Waals surface area (Å²) in [5.41, 5.74) is 0.352. The molecule has 0 aromatic heterocycles. The highest BCUT2D eigenvalue weighted by Gasteiger charge is 2.49. The van der Waals surface area contributed by atoms with Gasteiger partial charge in [-0.3, -0.25) is 9.59 Å². The van der Waals surface area contributed by atoms with Crippen LogP contribution in [0.2, 0.25) is 0 Å². The lowest BCUT2D eigenvalue weighted by atomic mass is 9.64. The van der Waals surface area contributed by atoms with Crippen LogP contribution in [0, 0.1) is 23.7 Å². The van der Waals surface area contributed by atoms with Crippen LogP contribution in [0.4, 0.5) is 0 Å². The van der Waals surface area contributed by atoms with Gasteiger partial charge in [-0.1, -0.05) is 13.2 Å². The Kier molecular flexibility index (Phi) is 10.5. The number of epoxide rings is 2. The molecule has 2 heterocycles. The van der Waals surface area contributed by atoms with Crippen molar-refractivity contribution < 1.29 is 49.1 Å². The predicted octanol–water partition coefficient (Wildman–Crippen LogP) is 2.29. The maximum Gasteiger partial charge on any atom is 0.330 e. The zero-order chi connectivity index (χ0) is 24.6. The van der Waals surface area contributed by atoms with E-state index in [9.17, 15) is 29.4 Å². The number of rotatable bonds is 8. The number of ether oxygens (including phenoxy) is 2. The highest BCUT2D eigenvalue weighted by Crippen LogP contribution is 2.46. The number of carboxylic acid groups (broad SMARTS) is 4. The van der Waals surface area contributed by atoms with Gasteiger partial charge in [0.05, 0.1) is 37.3 Å². The fourth-order valence-electron chi connectivity index (χ4n) is 3.69. The third kappa shape index (κ3) is 9.61. The lowest BCUT2D eigenvalue weighted by Crippen LogP contribution is -2.43. The summed E-state index contributed by atoms with van der Waals surface area (Å²) in [7, 11) is 0. The highest BCUT2D eigenvalue weighted by molar-refractivity contribution is 5.85. The van der Waals surface area contributed by atoms with Crippen LogP contribution in [0.1, 0.15) is 39.5 Å². The Labute approximate surface area is 186 Å². The van der Waals surface area contributed by atoms with E-state index in [4.69, 9.17) is 19.7 Å². The lowest BCUT2D eigenvalue weighted by molar-refractivity contribution is -0.160. The number of hydrogen-bond acceptors (Lipinski definition) is 6. The van der Waals surface area contributed by atoms with Gasteiger partial charge in [0.1, 0.15) is 0 Å². The van der Waals surface area contributed by atoms with Gasteiger partial charge in [-0.15, -0.1) is 0 Å². The predicted molar refractivity (Wildman–Crippen MR) is 112 cm³/mol. The molecule has 3 fully saturated rings. The van der Waals surface area contributed by atoms with Gasteiger partial charge in [0, 0.05) is 11.1 Å². The Bertz CT molecular complexity index is 687. The molecule has 32 heavy (non-hydrogen) atoms. The quantitative estimate of drug-likeness (QED) is 0.313. The van der Waals surface area contributed by atoms with E-state index in [1.54, 1.807) is 0 Å². The van der Waals surface area contributed by atoms with Gasteiger partial charge in [0.15, 0.2) is 0 Å². The number of hydrogen-bond donors (Lipinski definition) is 4. The molecule has 2 aliphatic heterocycles. The minimum absolute atomic E-state index is 0.112. The highest BCUT2D eigenvalue weighted by atomic mass is 16.6. The van der Waals surface area contributed by atoms with Crippen molar-refractivity contribution in [3.8, 4) is 0 Å². The van der Waals surface area contributed by atoms with Crippen LogP contribution in [-0.4, -0.2) is 69.7 Å². The van der Waals surface area contributed by atoms with Crippen LogP contribution in [0.3, 0.4) is 0 Å². The van der Waals surface area contributed by atoms with E-state index >= 15 is 0 Å². The van der Waals surface area contributed by atoms with Crippen LogP contribution < -0.4 is 0 Å². The standard InChI is InChI=1S/C14H20O6.2C4H6O2/c15-13(16)10-2-1-7(3-8-5-19-8)11(4-9-6-20-9)12(10)14(17)18;2*1-3(2)4(5)6/h7-12H,1-6H2,(H,15,16)(H,17,18);2*1H2,2H3,(H,5,6). The zero-order valence-corrected chi connectivity index (χ0v) is 18.4. The minimum Gasteiger partial charge on any atom is -0.481 e. The molecular weight excluding hydrogens is 424 g/mol. The molecule has 180 valence electrons. The molecule has 0 bridgehead atoms. The second kappa shape index (κ2) is 12.4. The van der Waals surface area contributed by atoms with Crippen molar-refractivity contribution in [2.75, 3.05) is 13.2 Å². The molecule has 6 atom stereocenters. The molecule has 1 saturated carbocycles. The maximum absolute atomic E-state index is 11.6. The van der Waals surface area contributed by atoms with E-state index < -0.39 is 35.7 Å². The second-order valence-corrected chi connectivity index (χ2v) is 8.36. The van der Waals surface area contributed by atoms with Gasteiger partial charge in [0.2, 0.25) is 0 Å². The lowest BCUT2D eigenvalue weighted by Gasteiger charge is -2.39. The molecule has 2 saturated heterocycles. The van der Waals surface area contributed by atoms with Gasteiger partial charge in [-0.25, -0.2) is 9.59 Å². The second-order valence-electron chi connectivity index (χ2n) is 8.36. The summed E-state index contributed by atoms with van der Waals surface area (Å²) in [4.78, 5) is 42.1. The summed E-state index contributed by atoms with van der Waals surface area (Å²) in [6.45, 7) is 10.6. The molecule has 0 aromatic rings. The van der Waals surface area contributed by atoms with Crippen LogP contribution in [0.15, 0.2) is 24.3 Å². The van der Waals surface area contributed by atoms with Gasteiger partial charge in [0.25, 0.3) is 0 Å². The van der Waals surface area contributed by atoms with E-state index in [1.807, 2.05) is 0 Å². The van der Waals surface area contributed by atoms with Gasteiger partial charge < -0.3 is 29.9 Å². The van der Waals surface area contributed by atoms with Gasteiger partial charge >= 0.3 is 23.9 Å². The molecular formula is C22H32O10. The normalized spacial score (nSPS) is 29.7. The summed E-state index contributed by atoms with van der Waals surface area (Å²) in [5, 5.41) is 34.6. The molecule has 0 spiro atoms. The first kappa shape index (κ1) is 27.3. The zero-order valence-electron chi connectivity index (χ0n) is 18.4. The van der Waals surface area contributed by atoms with Crippen molar-refractivity contribution in [2.45, 2.75) is 51.7 Å². The summed E-state index contributed by atoms with van der Waals surface area (Å²) < 4.78 is 10.5.